The van der Waals surface area contributed by atoms with Crippen molar-refractivity contribution in [3.63, 3.8) is 0 Å². The molecule has 1 atom stereocenters. The molecule has 1 unspecified atom stereocenters. The van der Waals surface area contributed by atoms with E-state index >= 15 is 0 Å². The zero-order valence-corrected chi connectivity index (χ0v) is 10.5. The summed E-state index contributed by atoms with van der Waals surface area (Å²) >= 11 is 3.56. The van der Waals surface area contributed by atoms with Crippen LogP contribution in [0.5, 0.6) is 0 Å². The maximum atomic E-state index is 4.13. The molecule has 0 spiro atoms. The quantitative estimate of drug-likeness (QED) is 0.580. The van der Waals surface area contributed by atoms with Gasteiger partial charge in [0, 0.05) is 12.7 Å². The van der Waals surface area contributed by atoms with Gasteiger partial charge in [0.25, 0.3) is 0 Å². The molecule has 0 bridgehead atoms. The monoisotopic (exact) mass is 259 g/mol. The molecule has 0 amide bonds. The van der Waals surface area contributed by atoms with Crippen molar-refractivity contribution in [2.75, 3.05) is 0 Å². The molecule has 0 aliphatic rings. The maximum Gasteiger partial charge on any atom is 0.0963 e. The van der Waals surface area contributed by atoms with Gasteiger partial charge in [-0.2, -0.15) is 0 Å². The van der Waals surface area contributed by atoms with E-state index in [1.54, 1.807) is 0 Å². The van der Waals surface area contributed by atoms with Crippen LogP contribution in [-0.2, 0) is 6.54 Å². The predicted molar refractivity (Wildman–Crippen MR) is 61.5 cm³/mol. The Kier molecular flexibility index (Phi) is 5.15. The summed E-state index contributed by atoms with van der Waals surface area (Å²) in [6.45, 7) is 5.33. The molecule has 0 saturated heterocycles. The Morgan fingerprint density at radius 3 is 2.86 bits per heavy atom. The van der Waals surface area contributed by atoms with Crippen LogP contribution in [0.15, 0.2) is 6.20 Å². The second-order valence-electron chi connectivity index (χ2n) is 3.49. The number of halogens is 1. The summed E-state index contributed by atoms with van der Waals surface area (Å²) in [6, 6.07) is 0. The standard InChI is InChI=1S/C10H18BrN3/c1-3-5-6-7-14-8-10(12-13-14)9(11)4-2/h8-9H,3-7H2,1-2H3. The van der Waals surface area contributed by atoms with E-state index in [4.69, 9.17) is 0 Å². The van der Waals surface area contributed by atoms with Gasteiger partial charge in [-0.05, 0) is 12.8 Å². The number of rotatable bonds is 6. The van der Waals surface area contributed by atoms with E-state index in [1.807, 2.05) is 10.9 Å². The van der Waals surface area contributed by atoms with Crippen LogP contribution in [0.2, 0.25) is 0 Å². The molecule has 0 fully saturated rings. The normalized spacial score (nSPS) is 13.1. The Morgan fingerprint density at radius 1 is 1.43 bits per heavy atom. The Labute approximate surface area is 94.0 Å². The molecule has 3 nitrogen and oxygen atoms in total. The van der Waals surface area contributed by atoms with Gasteiger partial charge in [0.15, 0.2) is 0 Å². The molecule has 0 aromatic carbocycles. The first-order chi connectivity index (χ1) is 6.77. The highest BCUT2D eigenvalue weighted by atomic mass is 79.9. The summed E-state index contributed by atoms with van der Waals surface area (Å²) in [4.78, 5) is 0.349. The molecular formula is C10H18BrN3. The largest absolute Gasteiger partial charge is 0.252 e. The van der Waals surface area contributed by atoms with Gasteiger partial charge in [-0.1, -0.05) is 47.8 Å². The zero-order chi connectivity index (χ0) is 10.4. The van der Waals surface area contributed by atoms with E-state index in [-0.39, 0.29) is 0 Å². The molecule has 14 heavy (non-hydrogen) atoms. The van der Waals surface area contributed by atoms with Gasteiger partial charge in [0.2, 0.25) is 0 Å². The molecule has 0 saturated carbocycles. The van der Waals surface area contributed by atoms with Crippen LogP contribution in [-0.4, -0.2) is 15.0 Å². The van der Waals surface area contributed by atoms with Crippen molar-refractivity contribution < 1.29 is 0 Å². The fourth-order valence-electron chi connectivity index (χ4n) is 1.30. The minimum Gasteiger partial charge on any atom is -0.252 e. The highest BCUT2D eigenvalue weighted by molar-refractivity contribution is 9.09. The third-order valence-electron chi connectivity index (χ3n) is 2.23. The number of unbranched alkanes of at least 4 members (excludes halogenated alkanes) is 2. The molecule has 4 heteroatoms. The average molecular weight is 260 g/mol. The predicted octanol–water partition coefficient (Wildman–Crippen LogP) is 3.31. The van der Waals surface area contributed by atoms with E-state index in [0.717, 1.165) is 18.7 Å². The first-order valence-electron chi connectivity index (χ1n) is 5.32. The Balaban J connectivity index is 2.42. The summed E-state index contributed by atoms with van der Waals surface area (Å²) in [7, 11) is 0. The van der Waals surface area contributed by atoms with Crippen LogP contribution < -0.4 is 0 Å². The van der Waals surface area contributed by atoms with Gasteiger partial charge in [-0.25, -0.2) is 0 Å². The zero-order valence-electron chi connectivity index (χ0n) is 8.91. The van der Waals surface area contributed by atoms with E-state index in [0.29, 0.717) is 4.83 Å². The summed E-state index contributed by atoms with van der Waals surface area (Å²) in [5.74, 6) is 0. The first-order valence-corrected chi connectivity index (χ1v) is 6.23. The number of alkyl halides is 1. The summed E-state index contributed by atoms with van der Waals surface area (Å²) in [6.07, 6.45) is 6.79. The van der Waals surface area contributed by atoms with Gasteiger partial charge in [-0.15, -0.1) is 5.10 Å². The Hall–Kier alpha value is -0.380. The minimum atomic E-state index is 0.349. The van der Waals surface area contributed by atoms with Crippen LogP contribution >= 0.6 is 15.9 Å². The van der Waals surface area contributed by atoms with E-state index in [2.05, 4.69) is 40.1 Å². The molecule has 1 heterocycles. The highest BCUT2D eigenvalue weighted by Gasteiger charge is 2.08. The molecular weight excluding hydrogens is 242 g/mol. The van der Waals surface area contributed by atoms with Crippen molar-refractivity contribution in [3.05, 3.63) is 11.9 Å². The molecule has 0 aliphatic carbocycles. The second-order valence-corrected chi connectivity index (χ2v) is 4.59. The summed E-state index contributed by atoms with van der Waals surface area (Å²) in [5.41, 5.74) is 1.05. The molecule has 80 valence electrons. The number of hydrogen-bond donors (Lipinski definition) is 0. The van der Waals surface area contributed by atoms with Crippen molar-refractivity contribution in [2.45, 2.75) is 50.9 Å². The van der Waals surface area contributed by atoms with Crippen molar-refractivity contribution in [1.82, 2.24) is 15.0 Å². The lowest BCUT2D eigenvalue weighted by molar-refractivity contribution is 0.537. The average Bonchev–Trinajstić information content (AvgIpc) is 2.66. The van der Waals surface area contributed by atoms with E-state index in [1.165, 1.54) is 19.3 Å². The number of hydrogen-bond acceptors (Lipinski definition) is 2. The second kappa shape index (κ2) is 6.17. The third kappa shape index (κ3) is 3.40. The molecule has 0 aliphatic heterocycles. The van der Waals surface area contributed by atoms with E-state index < -0.39 is 0 Å². The van der Waals surface area contributed by atoms with Gasteiger partial charge in [-0.3, -0.25) is 4.68 Å². The van der Waals surface area contributed by atoms with Crippen molar-refractivity contribution in [3.8, 4) is 0 Å². The maximum absolute atomic E-state index is 4.13. The topological polar surface area (TPSA) is 30.7 Å². The van der Waals surface area contributed by atoms with Gasteiger partial charge >= 0.3 is 0 Å². The molecule has 0 radical (unpaired) electrons. The fourth-order valence-corrected chi connectivity index (χ4v) is 1.51. The minimum absolute atomic E-state index is 0.349. The Bertz CT molecular complexity index is 260. The van der Waals surface area contributed by atoms with Crippen molar-refractivity contribution in [1.29, 1.82) is 0 Å². The fraction of sp³-hybridized carbons (Fsp3) is 0.800. The smallest absolute Gasteiger partial charge is 0.0963 e. The number of nitrogens with zero attached hydrogens (tertiary/aromatic N) is 3. The van der Waals surface area contributed by atoms with Gasteiger partial charge in [0.1, 0.15) is 0 Å². The lowest BCUT2D eigenvalue weighted by atomic mass is 10.2. The van der Waals surface area contributed by atoms with Gasteiger partial charge in [0.05, 0.1) is 10.5 Å². The molecule has 1 aromatic rings. The van der Waals surface area contributed by atoms with Gasteiger partial charge < -0.3 is 0 Å². The SMILES string of the molecule is CCCCCn1cc(C(Br)CC)nn1. The molecule has 0 N–H and O–H groups in total. The number of aryl methyl sites for hydroxylation is 1. The molecule has 1 rings (SSSR count). The van der Waals surface area contributed by atoms with E-state index in [9.17, 15) is 0 Å². The summed E-state index contributed by atoms with van der Waals surface area (Å²) < 4.78 is 1.94. The van der Waals surface area contributed by atoms with Crippen LogP contribution in [0.3, 0.4) is 0 Å². The Morgan fingerprint density at radius 2 is 2.21 bits per heavy atom. The molecule has 1 aromatic heterocycles. The lowest BCUT2D eigenvalue weighted by Crippen LogP contribution is -1.98. The summed E-state index contributed by atoms with van der Waals surface area (Å²) in [5, 5.41) is 8.23. The van der Waals surface area contributed by atoms with Crippen LogP contribution in [0.1, 0.15) is 50.1 Å². The van der Waals surface area contributed by atoms with Crippen molar-refractivity contribution in [2.24, 2.45) is 0 Å². The highest BCUT2D eigenvalue weighted by Crippen LogP contribution is 2.23. The first kappa shape index (κ1) is 11.7. The lowest BCUT2D eigenvalue weighted by Gasteiger charge is -2.00. The van der Waals surface area contributed by atoms with Crippen LogP contribution in [0.4, 0.5) is 0 Å². The third-order valence-corrected chi connectivity index (χ3v) is 3.34. The van der Waals surface area contributed by atoms with Crippen molar-refractivity contribution >= 4 is 15.9 Å². The number of aromatic nitrogens is 3. The van der Waals surface area contributed by atoms with Crippen LogP contribution in [0.25, 0.3) is 0 Å². The van der Waals surface area contributed by atoms with Crippen LogP contribution in [0, 0.1) is 0 Å².